The van der Waals surface area contributed by atoms with Crippen LogP contribution in [-0.2, 0) is 17.4 Å². The third-order valence-electron chi connectivity index (χ3n) is 3.81. The summed E-state index contributed by atoms with van der Waals surface area (Å²) in [4.78, 5) is 12.2. The number of alkyl halides is 3. The maximum Gasteiger partial charge on any atom is 0.416 e. The van der Waals surface area contributed by atoms with Gasteiger partial charge in [-0.3, -0.25) is 4.79 Å². The number of anilines is 1. The van der Waals surface area contributed by atoms with Gasteiger partial charge in [-0.2, -0.15) is 18.3 Å². The zero-order valence-corrected chi connectivity index (χ0v) is 13.8. The largest absolute Gasteiger partial charge is 0.416 e. The molecule has 0 aliphatic carbocycles. The van der Waals surface area contributed by atoms with E-state index in [0.29, 0.717) is 5.82 Å². The van der Waals surface area contributed by atoms with E-state index >= 15 is 0 Å². The number of benzene rings is 1. The number of nitrogens with one attached hydrogen (secondary N) is 1. The summed E-state index contributed by atoms with van der Waals surface area (Å²) in [5.41, 5.74) is -0.0955. The van der Waals surface area contributed by atoms with E-state index in [1.807, 2.05) is 13.8 Å². The highest BCUT2D eigenvalue weighted by Gasteiger charge is 2.33. The van der Waals surface area contributed by atoms with Gasteiger partial charge in [0.25, 0.3) is 0 Å². The zero-order chi connectivity index (χ0) is 17.9. The minimum Gasteiger partial charge on any atom is -0.311 e. The molecule has 0 aliphatic heterocycles. The van der Waals surface area contributed by atoms with Gasteiger partial charge in [-0.15, -0.1) is 0 Å². The van der Waals surface area contributed by atoms with Crippen molar-refractivity contribution in [1.29, 1.82) is 0 Å². The smallest absolute Gasteiger partial charge is 0.311 e. The lowest BCUT2D eigenvalue weighted by Crippen LogP contribution is -2.20. The first-order valence-electron chi connectivity index (χ1n) is 7.73. The summed E-state index contributed by atoms with van der Waals surface area (Å²) in [7, 11) is 0. The summed E-state index contributed by atoms with van der Waals surface area (Å²) >= 11 is 0. The third kappa shape index (κ3) is 4.15. The van der Waals surface area contributed by atoms with Crippen LogP contribution in [0.1, 0.15) is 43.1 Å². The Kier molecular flexibility index (Phi) is 5.31. The zero-order valence-electron chi connectivity index (χ0n) is 13.8. The molecule has 0 saturated carbocycles. The number of nitrogens with zero attached hydrogens (tertiary/aromatic N) is 2. The quantitative estimate of drug-likeness (QED) is 0.880. The molecule has 1 amide bonds. The van der Waals surface area contributed by atoms with Crippen molar-refractivity contribution in [3.05, 3.63) is 47.2 Å². The van der Waals surface area contributed by atoms with Crippen molar-refractivity contribution >= 4 is 11.7 Å². The SMILES string of the molecule is CCC(C)n1nc(C)cc1NC(=O)Cc1ccccc1C(F)(F)F. The molecule has 2 aromatic rings. The number of aryl methyl sites for hydroxylation is 1. The first kappa shape index (κ1) is 18.0. The van der Waals surface area contributed by atoms with E-state index in [9.17, 15) is 18.0 Å². The number of aromatic nitrogens is 2. The number of amides is 1. The molecule has 0 aliphatic rings. The van der Waals surface area contributed by atoms with Gasteiger partial charge in [0, 0.05) is 6.07 Å². The minimum absolute atomic E-state index is 0.0474. The molecule has 7 heteroatoms. The van der Waals surface area contributed by atoms with Crippen molar-refractivity contribution in [1.82, 2.24) is 9.78 Å². The highest BCUT2D eigenvalue weighted by Crippen LogP contribution is 2.32. The molecule has 24 heavy (non-hydrogen) atoms. The van der Waals surface area contributed by atoms with Crippen LogP contribution in [0.4, 0.5) is 19.0 Å². The number of halogens is 3. The molecule has 0 fully saturated rings. The average Bonchev–Trinajstić information content (AvgIpc) is 2.86. The summed E-state index contributed by atoms with van der Waals surface area (Å²) in [6.07, 6.45) is -4.01. The summed E-state index contributed by atoms with van der Waals surface area (Å²) in [6.45, 7) is 5.75. The van der Waals surface area contributed by atoms with Crippen molar-refractivity contribution < 1.29 is 18.0 Å². The Morgan fingerprint density at radius 1 is 1.33 bits per heavy atom. The second-order valence-corrected chi connectivity index (χ2v) is 5.75. The van der Waals surface area contributed by atoms with Crippen molar-refractivity contribution in [2.45, 2.75) is 45.8 Å². The van der Waals surface area contributed by atoms with E-state index in [1.165, 1.54) is 18.2 Å². The van der Waals surface area contributed by atoms with E-state index in [-0.39, 0.29) is 18.0 Å². The number of carbonyl (C=O) groups is 1. The van der Waals surface area contributed by atoms with Crippen molar-refractivity contribution in [3.63, 3.8) is 0 Å². The van der Waals surface area contributed by atoms with Gasteiger partial charge in [0.15, 0.2) is 0 Å². The monoisotopic (exact) mass is 339 g/mol. The number of hydrogen-bond donors (Lipinski definition) is 1. The topological polar surface area (TPSA) is 46.9 Å². The van der Waals surface area contributed by atoms with Crippen LogP contribution in [0.3, 0.4) is 0 Å². The predicted molar refractivity (Wildman–Crippen MR) is 85.7 cm³/mol. The molecular weight excluding hydrogens is 319 g/mol. The summed E-state index contributed by atoms with van der Waals surface area (Å²) in [5.74, 6) is -0.00695. The standard InChI is InChI=1S/C17H20F3N3O/c1-4-12(3)23-15(9-11(2)22-23)21-16(24)10-13-7-5-6-8-14(13)17(18,19)20/h5-9,12H,4,10H2,1-3H3,(H,21,24). The Balaban J connectivity index is 2.19. The van der Waals surface area contributed by atoms with E-state index < -0.39 is 17.6 Å². The van der Waals surface area contributed by atoms with Gasteiger partial charge < -0.3 is 5.32 Å². The number of carbonyl (C=O) groups excluding carboxylic acids is 1. The minimum atomic E-state index is -4.48. The molecular formula is C17H20F3N3O. The molecule has 0 radical (unpaired) electrons. The number of hydrogen-bond acceptors (Lipinski definition) is 2. The predicted octanol–water partition coefficient (Wildman–Crippen LogP) is 4.36. The van der Waals surface area contributed by atoms with Gasteiger partial charge in [-0.05, 0) is 31.9 Å². The lowest BCUT2D eigenvalue weighted by Gasteiger charge is -2.15. The molecule has 1 heterocycles. The van der Waals surface area contributed by atoms with E-state index in [0.717, 1.165) is 18.2 Å². The van der Waals surface area contributed by atoms with Gasteiger partial charge in [0.1, 0.15) is 5.82 Å². The van der Waals surface area contributed by atoms with Gasteiger partial charge in [0.2, 0.25) is 5.91 Å². The van der Waals surface area contributed by atoms with Crippen molar-refractivity contribution in [2.24, 2.45) is 0 Å². The second kappa shape index (κ2) is 7.07. The average molecular weight is 339 g/mol. The summed E-state index contributed by atoms with van der Waals surface area (Å²) in [5, 5.41) is 6.99. The molecule has 1 aromatic heterocycles. The van der Waals surface area contributed by atoms with E-state index in [4.69, 9.17) is 0 Å². The summed E-state index contributed by atoms with van der Waals surface area (Å²) in [6, 6.07) is 6.89. The molecule has 0 bridgehead atoms. The molecule has 1 N–H and O–H groups in total. The van der Waals surface area contributed by atoms with Crippen LogP contribution in [0, 0.1) is 6.92 Å². The fourth-order valence-electron chi connectivity index (χ4n) is 2.43. The normalized spacial score (nSPS) is 12.9. The molecule has 130 valence electrons. The molecule has 0 saturated heterocycles. The first-order valence-corrected chi connectivity index (χ1v) is 7.73. The molecule has 4 nitrogen and oxygen atoms in total. The second-order valence-electron chi connectivity index (χ2n) is 5.75. The van der Waals surface area contributed by atoms with Crippen LogP contribution in [0.15, 0.2) is 30.3 Å². The van der Waals surface area contributed by atoms with Crippen LogP contribution in [0.2, 0.25) is 0 Å². The van der Waals surface area contributed by atoms with Crippen LogP contribution >= 0.6 is 0 Å². The molecule has 0 spiro atoms. The van der Waals surface area contributed by atoms with Crippen LogP contribution in [0.5, 0.6) is 0 Å². The maximum absolute atomic E-state index is 13.0. The molecule has 1 unspecified atom stereocenters. The summed E-state index contributed by atoms with van der Waals surface area (Å²) < 4.78 is 40.7. The third-order valence-corrected chi connectivity index (χ3v) is 3.81. The Bertz CT molecular complexity index is 722. The van der Waals surface area contributed by atoms with E-state index in [1.54, 1.807) is 17.7 Å². The number of rotatable bonds is 5. The first-order chi connectivity index (χ1) is 11.2. The van der Waals surface area contributed by atoms with Gasteiger partial charge >= 0.3 is 6.18 Å². The van der Waals surface area contributed by atoms with Gasteiger partial charge in [0.05, 0.1) is 23.7 Å². The fourth-order valence-corrected chi connectivity index (χ4v) is 2.43. The van der Waals surface area contributed by atoms with Crippen molar-refractivity contribution in [3.8, 4) is 0 Å². The molecule has 2 rings (SSSR count). The Labute approximate surface area is 138 Å². The highest BCUT2D eigenvalue weighted by molar-refractivity contribution is 5.91. The highest BCUT2D eigenvalue weighted by atomic mass is 19.4. The molecule has 1 atom stereocenters. The lowest BCUT2D eigenvalue weighted by molar-refractivity contribution is -0.138. The fraction of sp³-hybridized carbons (Fsp3) is 0.412. The van der Waals surface area contributed by atoms with E-state index in [2.05, 4.69) is 10.4 Å². The van der Waals surface area contributed by atoms with Crippen LogP contribution in [0.25, 0.3) is 0 Å². The van der Waals surface area contributed by atoms with Crippen LogP contribution < -0.4 is 5.32 Å². The Morgan fingerprint density at radius 3 is 2.62 bits per heavy atom. The van der Waals surface area contributed by atoms with Gasteiger partial charge in [-0.25, -0.2) is 4.68 Å². The van der Waals surface area contributed by atoms with Crippen LogP contribution in [-0.4, -0.2) is 15.7 Å². The van der Waals surface area contributed by atoms with Crippen molar-refractivity contribution in [2.75, 3.05) is 5.32 Å². The Hall–Kier alpha value is -2.31. The van der Waals surface area contributed by atoms with Gasteiger partial charge in [-0.1, -0.05) is 25.1 Å². The molecule has 1 aromatic carbocycles. The maximum atomic E-state index is 13.0. The lowest BCUT2D eigenvalue weighted by atomic mass is 10.0. The Morgan fingerprint density at radius 2 is 2.00 bits per heavy atom.